The fourth-order valence-corrected chi connectivity index (χ4v) is 1.70. The lowest BCUT2D eigenvalue weighted by Crippen LogP contribution is -2.63. The molecule has 2 rings (SSSR count). The number of cyclic esters (lactones) is 1. The Kier molecular flexibility index (Phi) is 2.02. The molecule has 7 heteroatoms. The molecule has 2 saturated heterocycles. The molecule has 80 valence electrons. The normalized spacial score (nSPS) is 52.7. The van der Waals surface area contributed by atoms with Gasteiger partial charge in [0, 0.05) is 0 Å². The maximum atomic E-state index is 11.2. The van der Waals surface area contributed by atoms with Crippen LogP contribution in [0.4, 0.5) is 0 Å². The van der Waals surface area contributed by atoms with Gasteiger partial charge in [0.05, 0.1) is 0 Å². The Morgan fingerprint density at radius 3 is 2.57 bits per heavy atom. The SMILES string of the molecule is O=C1OC[C@@H](O)[C@H]2OC(O)[C@H](O)[C@]12O. The van der Waals surface area contributed by atoms with Gasteiger partial charge in [-0.15, -0.1) is 0 Å². The Morgan fingerprint density at radius 2 is 2.00 bits per heavy atom. The molecule has 2 aliphatic rings. The van der Waals surface area contributed by atoms with Crippen LogP contribution in [0.3, 0.4) is 0 Å². The van der Waals surface area contributed by atoms with Crippen molar-refractivity contribution in [3.05, 3.63) is 0 Å². The molecule has 1 unspecified atom stereocenters. The second-order valence-corrected chi connectivity index (χ2v) is 3.38. The highest BCUT2D eigenvalue weighted by Gasteiger charge is 2.65. The summed E-state index contributed by atoms with van der Waals surface area (Å²) in [5, 5.41) is 37.4. The average Bonchev–Trinajstić information content (AvgIpc) is 2.38. The predicted molar refractivity (Wildman–Crippen MR) is 38.8 cm³/mol. The highest BCUT2D eigenvalue weighted by atomic mass is 16.7. The van der Waals surface area contributed by atoms with Gasteiger partial charge >= 0.3 is 5.97 Å². The first-order valence-electron chi connectivity index (χ1n) is 4.07. The number of aliphatic hydroxyl groups is 4. The summed E-state index contributed by atoms with van der Waals surface area (Å²) in [5.74, 6) is -1.10. The second kappa shape index (κ2) is 2.88. The third-order valence-corrected chi connectivity index (χ3v) is 2.50. The Balaban J connectivity index is 2.36. The molecule has 0 aromatic rings. The van der Waals surface area contributed by atoms with Crippen LogP contribution in [0.25, 0.3) is 0 Å². The molecule has 0 aliphatic carbocycles. The van der Waals surface area contributed by atoms with Crippen LogP contribution < -0.4 is 0 Å². The molecule has 4 N–H and O–H groups in total. The Bertz CT molecular complexity index is 267. The van der Waals surface area contributed by atoms with Crippen LogP contribution in [0.5, 0.6) is 0 Å². The van der Waals surface area contributed by atoms with E-state index in [1.54, 1.807) is 0 Å². The van der Waals surface area contributed by atoms with Gasteiger partial charge < -0.3 is 29.9 Å². The van der Waals surface area contributed by atoms with Crippen molar-refractivity contribution in [2.24, 2.45) is 0 Å². The molecule has 0 aromatic heterocycles. The summed E-state index contributed by atoms with van der Waals surface area (Å²) in [6, 6.07) is 0. The molecule has 2 heterocycles. The third-order valence-electron chi connectivity index (χ3n) is 2.50. The quantitative estimate of drug-likeness (QED) is 0.307. The lowest BCUT2D eigenvalue weighted by Gasteiger charge is -2.35. The summed E-state index contributed by atoms with van der Waals surface area (Å²) in [7, 11) is 0. The number of aliphatic hydroxyl groups excluding tert-OH is 3. The van der Waals surface area contributed by atoms with E-state index in [9.17, 15) is 20.1 Å². The molecular formula is C7H10O7. The third kappa shape index (κ3) is 1.01. The van der Waals surface area contributed by atoms with Crippen molar-refractivity contribution in [2.45, 2.75) is 30.2 Å². The topological polar surface area (TPSA) is 116 Å². The van der Waals surface area contributed by atoms with Crippen molar-refractivity contribution < 1.29 is 34.7 Å². The van der Waals surface area contributed by atoms with Gasteiger partial charge in [-0.05, 0) is 0 Å². The molecule has 0 bridgehead atoms. The van der Waals surface area contributed by atoms with E-state index in [-0.39, 0.29) is 6.61 Å². The minimum Gasteiger partial charge on any atom is -0.461 e. The Hall–Kier alpha value is -0.730. The first-order valence-corrected chi connectivity index (χ1v) is 4.07. The van der Waals surface area contributed by atoms with Crippen molar-refractivity contribution in [3.63, 3.8) is 0 Å². The smallest absolute Gasteiger partial charge is 0.344 e. The maximum Gasteiger partial charge on any atom is 0.344 e. The van der Waals surface area contributed by atoms with Crippen LogP contribution in [-0.2, 0) is 14.3 Å². The molecular weight excluding hydrogens is 196 g/mol. The second-order valence-electron chi connectivity index (χ2n) is 3.38. The maximum absolute atomic E-state index is 11.2. The first-order chi connectivity index (χ1) is 6.48. The van der Waals surface area contributed by atoms with E-state index in [0.717, 1.165) is 0 Å². The Labute approximate surface area is 78.5 Å². The van der Waals surface area contributed by atoms with Crippen molar-refractivity contribution in [3.8, 4) is 0 Å². The monoisotopic (exact) mass is 206 g/mol. The van der Waals surface area contributed by atoms with Gasteiger partial charge in [-0.1, -0.05) is 0 Å². The molecule has 14 heavy (non-hydrogen) atoms. The van der Waals surface area contributed by atoms with E-state index >= 15 is 0 Å². The number of ether oxygens (including phenoxy) is 2. The lowest BCUT2D eigenvalue weighted by molar-refractivity contribution is -0.211. The highest BCUT2D eigenvalue weighted by molar-refractivity contribution is 5.82. The van der Waals surface area contributed by atoms with Crippen molar-refractivity contribution in [2.75, 3.05) is 6.61 Å². The van der Waals surface area contributed by atoms with Gasteiger partial charge in [0.25, 0.3) is 0 Å². The van der Waals surface area contributed by atoms with E-state index in [0.29, 0.717) is 0 Å². The Morgan fingerprint density at radius 1 is 1.36 bits per heavy atom. The number of rotatable bonds is 0. The summed E-state index contributed by atoms with van der Waals surface area (Å²) in [6.45, 7) is -0.328. The van der Waals surface area contributed by atoms with E-state index in [1.807, 2.05) is 0 Å². The van der Waals surface area contributed by atoms with Gasteiger partial charge in [-0.25, -0.2) is 4.79 Å². The summed E-state index contributed by atoms with van der Waals surface area (Å²) >= 11 is 0. The van der Waals surface area contributed by atoms with Gasteiger partial charge in [-0.3, -0.25) is 0 Å². The van der Waals surface area contributed by atoms with Crippen molar-refractivity contribution in [1.82, 2.24) is 0 Å². The van der Waals surface area contributed by atoms with Crippen molar-refractivity contribution in [1.29, 1.82) is 0 Å². The van der Waals surface area contributed by atoms with E-state index in [2.05, 4.69) is 9.47 Å². The van der Waals surface area contributed by atoms with Crippen LogP contribution in [0.2, 0.25) is 0 Å². The zero-order valence-electron chi connectivity index (χ0n) is 7.03. The van der Waals surface area contributed by atoms with E-state index < -0.39 is 36.2 Å². The lowest BCUT2D eigenvalue weighted by atomic mass is 9.88. The molecule has 0 aromatic carbocycles. The van der Waals surface area contributed by atoms with Crippen LogP contribution in [0, 0.1) is 0 Å². The van der Waals surface area contributed by atoms with Crippen LogP contribution in [0.1, 0.15) is 0 Å². The van der Waals surface area contributed by atoms with Crippen molar-refractivity contribution >= 4 is 5.97 Å². The largest absolute Gasteiger partial charge is 0.461 e. The number of hydrogen-bond donors (Lipinski definition) is 4. The molecule has 7 nitrogen and oxygen atoms in total. The molecule has 0 amide bonds. The molecule has 2 aliphatic heterocycles. The zero-order chi connectivity index (χ0) is 10.5. The van der Waals surface area contributed by atoms with Gasteiger partial charge in [0.15, 0.2) is 6.29 Å². The number of carbonyl (C=O) groups is 1. The fourth-order valence-electron chi connectivity index (χ4n) is 1.70. The minimum atomic E-state index is -2.38. The fraction of sp³-hybridized carbons (Fsp3) is 0.857. The standard InChI is InChI=1S/C7H10O7/c8-2-1-13-6(11)7(12)3(9)5(10)14-4(2)7/h2-5,8-10,12H,1H2/t2-,3+,4-,5?,7-/m1/s1. The summed E-state index contributed by atoms with van der Waals surface area (Å²) in [4.78, 5) is 11.2. The highest BCUT2D eigenvalue weighted by Crippen LogP contribution is 2.36. The summed E-state index contributed by atoms with van der Waals surface area (Å²) in [5.41, 5.74) is -2.38. The van der Waals surface area contributed by atoms with Crippen LogP contribution in [-0.4, -0.2) is 63.2 Å². The number of carbonyl (C=O) groups excluding carboxylic acids is 1. The molecule has 5 atom stereocenters. The summed E-state index contributed by atoms with van der Waals surface area (Å²) < 4.78 is 9.10. The van der Waals surface area contributed by atoms with Gasteiger partial charge in [-0.2, -0.15) is 0 Å². The van der Waals surface area contributed by atoms with Gasteiger partial charge in [0.1, 0.15) is 24.9 Å². The van der Waals surface area contributed by atoms with E-state index in [4.69, 9.17) is 5.11 Å². The summed E-state index contributed by atoms with van der Waals surface area (Å²) in [6.07, 6.45) is -6.13. The number of hydrogen-bond acceptors (Lipinski definition) is 7. The van der Waals surface area contributed by atoms with Gasteiger partial charge in [0.2, 0.25) is 5.60 Å². The number of fused-ring (bicyclic) bond motifs is 1. The van der Waals surface area contributed by atoms with E-state index in [1.165, 1.54) is 0 Å². The zero-order valence-corrected chi connectivity index (χ0v) is 7.03. The predicted octanol–water partition coefficient (Wildman–Crippen LogP) is -3.29. The molecule has 2 fully saturated rings. The van der Waals surface area contributed by atoms with Crippen LogP contribution >= 0.6 is 0 Å². The minimum absolute atomic E-state index is 0.328. The molecule has 0 spiro atoms. The first kappa shape index (κ1) is 9.81. The molecule has 0 saturated carbocycles. The number of esters is 1. The molecule has 0 radical (unpaired) electrons. The van der Waals surface area contributed by atoms with Crippen LogP contribution in [0.15, 0.2) is 0 Å². The average molecular weight is 206 g/mol.